The number of hydrogen-bond acceptors (Lipinski definition) is 2. The summed E-state index contributed by atoms with van der Waals surface area (Å²) in [7, 11) is 2.15. The van der Waals surface area contributed by atoms with Crippen molar-refractivity contribution in [3.8, 4) is 0 Å². The standard InChI is InChI=1S/C19H20F3N3O/c1-24-10-12-25(13-11-24)17-5-3-2-4-16(17)23-18(26)14-6-8-15(9-7-14)19(20,21)22/h2-9H,10-13H2,1H3,(H,23,26)/p+1. The third-order valence-corrected chi connectivity index (χ3v) is 4.58. The van der Waals surface area contributed by atoms with Crippen molar-refractivity contribution in [3.63, 3.8) is 0 Å². The van der Waals surface area contributed by atoms with Crippen molar-refractivity contribution < 1.29 is 22.9 Å². The fourth-order valence-corrected chi connectivity index (χ4v) is 2.99. The summed E-state index contributed by atoms with van der Waals surface area (Å²) in [4.78, 5) is 16.1. The Hall–Kier alpha value is -2.54. The highest BCUT2D eigenvalue weighted by Gasteiger charge is 2.30. The number of halogens is 3. The first-order valence-corrected chi connectivity index (χ1v) is 8.48. The largest absolute Gasteiger partial charge is 0.416 e. The predicted molar refractivity (Wildman–Crippen MR) is 94.7 cm³/mol. The Labute approximate surface area is 150 Å². The Kier molecular flexibility index (Phi) is 5.18. The molecule has 1 saturated heterocycles. The van der Waals surface area contributed by atoms with Gasteiger partial charge < -0.3 is 15.1 Å². The minimum Gasteiger partial charge on any atom is -0.359 e. The molecule has 0 saturated carbocycles. The van der Waals surface area contributed by atoms with Crippen LogP contribution in [0.25, 0.3) is 0 Å². The highest BCUT2D eigenvalue weighted by atomic mass is 19.4. The maximum Gasteiger partial charge on any atom is 0.416 e. The number of piperazine rings is 1. The van der Waals surface area contributed by atoms with Crippen molar-refractivity contribution >= 4 is 17.3 Å². The van der Waals surface area contributed by atoms with Crippen molar-refractivity contribution in [3.05, 3.63) is 59.7 Å². The Morgan fingerprint density at radius 1 is 1.04 bits per heavy atom. The molecule has 1 heterocycles. The zero-order chi connectivity index (χ0) is 18.7. The van der Waals surface area contributed by atoms with Crippen molar-refractivity contribution in [1.29, 1.82) is 0 Å². The van der Waals surface area contributed by atoms with Gasteiger partial charge in [0.15, 0.2) is 0 Å². The second-order valence-corrected chi connectivity index (χ2v) is 6.49. The van der Waals surface area contributed by atoms with Gasteiger partial charge in [-0.2, -0.15) is 13.2 Å². The number of carbonyl (C=O) groups excluding carboxylic acids is 1. The molecule has 1 aliphatic heterocycles. The van der Waals surface area contributed by atoms with Gasteiger partial charge in [-0.05, 0) is 36.4 Å². The number of quaternary nitrogens is 1. The molecule has 1 aliphatic rings. The lowest BCUT2D eigenvalue weighted by Crippen LogP contribution is -3.12. The van der Waals surface area contributed by atoms with Gasteiger partial charge in [-0.25, -0.2) is 0 Å². The molecule has 0 radical (unpaired) electrons. The van der Waals surface area contributed by atoms with Crippen LogP contribution in [0.1, 0.15) is 15.9 Å². The van der Waals surface area contributed by atoms with E-state index in [9.17, 15) is 18.0 Å². The molecule has 2 N–H and O–H groups in total. The van der Waals surface area contributed by atoms with Gasteiger partial charge >= 0.3 is 6.18 Å². The fraction of sp³-hybridized carbons (Fsp3) is 0.316. The van der Waals surface area contributed by atoms with Gasteiger partial charge in [0, 0.05) is 5.56 Å². The number of para-hydroxylation sites is 2. The quantitative estimate of drug-likeness (QED) is 0.877. The topological polar surface area (TPSA) is 36.8 Å². The molecular weight excluding hydrogens is 343 g/mol. The van der Waals surface area contributed by atoms with E-state index >= 15 is 0 Å². The van der Waals surface area contributed by atoms with Crippen molar-refractivity contribution in [1.82, 2.24) is 0 Å². The molecule has 0 unspecified atom stereocenters. The van der Waals surface area contributed by atoms with E-state index in [1.807, 2.05) is 24.3 Å². The predicted octanol–water partition coefficient (Wildman–Crippen LogP) is 2.29. The maximum atomic E-state index is 12.6. The Balaban J connectivity index is 1.75. The molecule has 4 nitrogen and oxygen atoms in total. The number of likely N-dealkylation sites (N-methyl/N-ethyl adjacent to an activating group) is 1. The van der Waals surface area contributed by atoms with Gasteiger partial charge in [-0.3, -0.25) is 4.79 Å². The minimum absolute atomic E-state index is 0.190. The molecule has 7 heteroatoms. The molecule has 0 aliphatic carbocycles. The molecule has 2 aromatic rings. The first-order valence-electron chi connectivity index (χ1n) is 8.48. The van der Waals surface area contributed by atoms with Crippen molar-refractivity contribution in [2.45, 2.75) is 6.18 Å². The fourth-order valence-electron chi connectivity index (χ4n) is 2.99. The summed E-state index contributed by atoms with van der Waals surface area (Å²) in [5.74, 6) is -0.425. The zero-order valence-corrected chi connectivity index (χ0v) is 14.4. The molecule has 0 spiro atoms. The van der Waals surface area contributed by atoms with Gasteiger partial charge in [-0.15, -0.1) is 0 Å². The molecule has 1 amide bonds. The minimum atomic E-state index is -4.41. The first-order chi connectivity index (χ1) is 12.3. The van der Waals surface area contributed by atoms with Crippen LogP contribution in [0, 0.1) is 0 Å². The van der Waals surface area contributed by atoms with Gasteiger partial charge in [0.2, 0.25) is 0 Å². The van der Waals surface area contributed by atoms with Gasteiger partial charge in [0.25, 0.3) is 5.91 Å². The third kappa shape index (κ3) is 4.16. The van der Waals surface area contributed by atoms with E-state index in [2.05, 4.69) is 17.3 Å². The van der Waals surface area contributed by atoms with E-state index in [-0.39, 0.29) is 5.56 Å². The van der Waals surface area contributed by atoms with E-state index in [1.54, 1.807) is 0 Å². The smallest absolute Gasteiger partial charge is 0.359 e. The summed E-state index contributed by atoms with van der Waals surface area (Å²) in [6.07, 6.45) is -4.41. The van der Waals surface area contributed by atoms with Crippen LogP contribution in [0.5, 0.6) is 0 Å². The summed E-state index contributed by atoms with van der Waals surface area (Å²) >= 11 is 0. The average Bonchev–Trinajstić information content (AvgIpc) is 2.62. The summed E-state index contributed by atoms with van der Waals surface area (Å²) in [6.45, 7) is 3.81. The summed E-state index contributed by atoms with van der Waals surface area (Å²) in [5.41, 5.74) is 1.02. The maximum absolute atomic E-state index is 12.6. The molecule has 2 aromatic carbocycles. The molecule has 3 rings (SSSR count). The van der Waals surface area contributed by atoms with Gasteiger partial charge in [0.05, 0.1) is 50.2 Å². The van der Waals surface area contributed by atoms with E-state index in [0.717, 1.165) is 44.0 Å². The number of alkyl halides is 3. The zero-order valence-electron chi connectivity index (χ0n) is 14.4. The van der Waals surface area contributed by atoms with Gasteiger partial charge in [-0.1, -0.05) is 12.1 Å². The van der Waals surface area contributed by atoms with Crippen LogP contribution < -0.4 is 15.1 Å². The Morgan fingerprint density at radius 3 is 2.27 bits per heavy atom. The molecule has 0 atom stereocenters. The number of rotatable bonds is 3. The van der Waals surface area contributed by atoms with Crippen LogP contribution in [-0.4, -0.2) is 39.1 Å². The monoisotopic (exact) mass is 364 g/mol. The van der Waals surface area contributed by atoms with E-state index in [1.165, 1.54) is 17.0 Å². The summed E-state index contributed by atoms with van der Waals surface area (Å²) < 4.78 is 37.9. The lowest BCUT2D eigenvalue weighted by Gasteiger charge is -2.33. The number of nitrogens with one attached hydrogen (secondary N) is 2. The lowest BCUT2D eigenvalue weighted by molar-refractivity contribution is -0.880. The molecule has 1 fully saturated rings. The molecule has 0 aromatic heterocycles. The number of hydrogen-bond donors (Lipinski definition) is 2. The van der Waals surface area contributed by atoms with E-state index in [4.69, 9.17) is 0 Å². The normalized spacial score (nSPS) is 15.8. The van der Waals surface area contributed by atoms with Crippen LogP contribution in [0.15, 0.2) is 48.5 Å². The highest BCUT2D eigenvalue weighted by Crippen LogP contribution is 2.30. The second kappa shape index (κ2) is 7.37. The Morgan fingerprint density at radius 2 is 1.65 bits per heavy atom. The molecule has 26 heavy (non-hydrogen) atoms. The Bertz CT molecular complexity index is 766. The first kappa shape index (κ1) is 18.3. The molecular formula is C19H21F3N3O+. The number of anilines is 2. The molecule has 0 bridgehead atoms. The van der Waals surface area contributed by atoms with Crippen LogP contribution in [0.4, 0.5) is 24.5 Å². The van der Waals surface area contributed by atoms with Crippen LogP contribution >= 0.6 is 0 Å². The average molecular weight is 364 g/mol. The van der Waals surface area contributed by atoms with Crippen molar-refractivity contribution in [2.24, 2.45) is 0 Å². The molecule has 138 valence electrons. The third-order valence-electron chi connectivity index (χ3n) is 4.58. The lowest BCUT2D eigenvalue weighted by atomic mass is 10.1. The number of amides is 1. The summed E-state index contributed by atoms with van der Waals surface area (Å²) in [5, 5.41) is 2.82. The number of benzene rings is 2. The van der Waals surface area contributed by atoms with Crippen LogP contribution in [0.2, 0.25) is 0 Å². The van der Waals surface area contributed by atoms with Crippen molar-refractivity contribution in [2.75, 3.05) is 43.4 Å². The second-order valence-electron chi connectivity index (χ2n) is 6.49. The van der Waals surface area contributed by atoms with E-state index < -0.39 is 17.6 Å². The highest BCUT2D eigenvalue weighted by molar-refractivity contribution is 6.06. The summed E-state index contributed by atoms with van der Waals surface area (Å²) in [6, 6.07) is 11.7. The number of carbonyl (C=O) groups is 1. The van der Waals surface area contributed by atoms with Gasteiger partial charge in [0.1, 0.15) is 0 Å². The van der Waals surface area contributed by atoms with E-state index in [0.29, 0.717) is 5.69 Å². The number of nitrogens with zero attached hydrogens (tertiary/aromatic N) is 1. The SMILES string of the molecule is C[NH+]1CCN(c2ccccc2NC(=O)c2ccc(C(F)(F)F)cc2)CC1. The van der Waals surface area contributed by atoms with Crippen LogP contribution in [0.3, 0.4) is 0 Å². The van der Waals surface area contributed by atoms with Crippen LogP contribution in [-0.2, 0) is 6.18 Å².